The summed E-state index contributed by atoms with van der Waals surface area (Å²) in [6.45, 7) is 5.62. The van der Waals surface area contributed by atoms with Gasteiger partial charge in [-0.2, -0.15) is 0 Å². The Morgan fingerprint density at radius 3 is 2.47 bits per heavy atom. The zero-order chi connectivity index (χ0) is 25.5. The van der Waals surface area contributed by atoms with Gasteiger partial charge in [-0.15, -0.1) is 0 Å². The maximum Gasteiger partial charge on any atom is 0.244 e. The molecule has 10 heteroatoms. The van der Waals surface area contributed by atoms with Crippen LogP contribution in [0.2, 0.25) is 5.02 Å². The minimum absolute atomic E-state index is 0.151. The van der Waals surface area contributed by atoms with Gasteiger partial charge in [0.1, 0.15) is 12.6 Å². The summed E-state index contributed by atoms with van der Waals surface area (Å²) in [6.07, 6.45) is 2.81. The number of sulfonamides is 1. The lowest BCUT2D eigenvalue weighted by molar-refractivity contribution is -0.139. The SMILES string of the molecule is CCCCNC(=O)[C@@H](C)N(Cc1cccc(Br)c1)C(=O)CN(c1ccc(Cl)cc1C)S(C)(=O)=O. The number of amides is 2. The Morgan fingerprint density at radius 2 is 1.88 bits per heavy atom. The lowest BCUT2D eigenvalue weighted by Crippen LogP contribution is -2.51. The maximum absolute atomic E-state index is 13.5. The van der Waals surface area contributed by atoms with Crippen LogP contribution >= 0.6 is 27.5 Å². The molecule has 7 nitrogen and oxygen atoms in total. The highest BCUT2D eigenvalue weighted by Crippen LogP contribution is 2.26. The third kappa shape index (κ3) is 7.99. The Kier molecular flexibility index (Phi) is 10.4. The Labute approximate surface area is 215 Å². The van der Waals surface area contributed by atoms with Gasteiger partial charge in [0.2, 0.25) is 21.8 Å². The van der Waals surface area contributed by atoms with Crippen molar-refractivity contribution in [3.05, 3.63) is 63.1 Å². The second-order valence-corrected chi connectivity index (χ2v) is 11.4. The molecule has 2 amide bonds. The van der Waals surface area contributed by atoms with Gasteiger partial charge in [0.25, 0.3) is 0 Å². The molecule has 0 bridgehead atoms. The molecule has 0 aromatic heterocycles. The summed E-state index contributed by atoms with van der Waals surface area (Å²) in [5.41, 5.74) is 1.79. The number of rotatable bonds is 11. The highest BCUT2D eigenvalue weighted by molar-refractivity contribution is 9.10. The predicted molar refractivity (Wildman–Crippen MR) is 140 cm³/mol. The average Bonchev–Trinajstić information content (AvgIpc) is 2.75. The molecule has 0 aliphatic carbocycles. The molecule has 0 radical (unpaired) electrons. The van der Waals surface area contributed by atoms with Crippen LogP contribution in [0.25, 0.3) is 0 Å². The summed E-state index contributed by atoms with van der Waals surface area (Å²) in [5.74, 6) is -0.775. The van der Waals surface area contributed by atoms with Crippen molar-refractivity contribution in [2.45, 2.75) is 46.2 Å². The molecule has 1 atom stereocenters. The van der Waals surface area contributed by atoms with Crippen LogP contribution in [0.4, 0.5) is 5.69 Å². The highest BCUT2D eigenvalue weighted by atomic mass is 79.9. The van der Waals surface area contributed by atoms with Crippen LogP contribution in [0.1, 0.15) is 37.8 Å². The van der Waals surface area contributed by atoms with Crippen molar-refractivity contribution in [2.75, 3.05) is 23.7 Å². The summed E-state index contributed by atoms with van der Waals surface area (Å²) < 4.78 is 27.2. The van der Waals surface area contributed by atoms with E-state index in [-0.39, 0.29) is 12.5 Å². The van der Waals surface area contributed by atoms with Gasteiger partial charge in [0, 0.05) is 22.6 Å². The molecule has 0 spiro atoms. The van der Waals surface area contributed by atoms with Crippen molar-refractivity contribution in [1.29, 1.82) is 0 Å². The molecule has 186 valence electrons. The number of carbonyl (C=O) groups excluding carboxylic acids is 2. The third-order valence-corrected chi connectivity index (χ3v) is 7.20. The largest absolute Gasteiger partial charge is 0.354 e. The fourth-order valence-electron chi connectivity index (χ4n) is 3.44. The van der Waals surface area contributed by atoms with E-state index in [2.05, 4.69) is 21.2 Å². The number of benzene rings is 2. The van der Waals surface area contributed by atoms with Crippen molar-refractivity contribution in [3.8, 4) is 0 Å². The molecule has 0 unspecified atom stereocenters. The second-order valence-electron chi connectivity index (χ2n) is 8.17. The molecule has 0 fully saturated rings. The standard InChI is InChI=1S/C24H31BrClN3O4S/c1-5-6-12-27-24(31)18(3)28(15-19-8-7-9-20(25)14-19)23(30)16-29(34(4,32)33)22-11-10-21(26)13-17(22)2/h7-11,13-14,18H,5-6,12,15-16H2,1-4H3,(H,27,31)/t18-/m1/s1. The fourth-order valence-corrected chi connectivity index (χ4v) is 5.02. The maximum atomic E-state index is 13.5. The van der Waals surface area contributed by atoms with E-state index in [0.29, 0.717) is 22.8 Å². The topological polar surface area (TPSA) is 86.8 Å². The quantitative estimate of drug-likeness (QED) is 0.402. The predicted octanol–water partition coefficient (Wildman–Crippen LogP) is 4.51. The molecule has 0 saturated carbocycles. The highest BCUT2D eigenvalue weighted by Gasteiger charge is 2.30. The van der Waals surface area contributed by atoms with Crippen LogP contribution < -0.4 is 9.62 Å². The minimum Gasteiger partial charge on any atom is -0.354 e. The summed E-state index contributed by atoms with van der Waals surface area (Å²) in [7, 11) is -3.79. The molecular formula is C24H31BrClN3O4S. The molecule has 2 aromatic rings. The Bertz CT molecular complexity index is 1130. The lowest BCUT2D eigenvalue weighted by atomic mass is 10.1. The number of hydrogen-bond acceptors (Lipinski definition) is 4. The van der Waals surface area contributed by atoms with Gasteiger partial charge in [-0.1, -0.05) is 53.0 Å². The van der Waals surface area contributed by atoms with Gasteiger partial charge in [-0.3, -0.25) is 13.9 Å². The van der Waals surface area contributed by atoms with Gasteiger partial charge in [-0.05, 0) is 61.7 Å². The smallest absolute Gasteiger partial charge is 0.244 e. The van der Waals surface area contributed by atoms with Crippen molar-refractivity contribution in [1.82, 2.24) is 10.2 Å². The summed E-state index contributed by atoms with van der Waals surface area (Å²) in [4.78, 5) is 27.7. The third-order valence-electron chi connectivity index (χ3n) is 5.35. The first kappa shape index (κ1) is 28.1. The van der Waals surface area contributed by atoms with E-state index in [4.69, 9.17) is 11.6 Å². The Balaban J connectivity index is 2.38. The number of unbranched alkanes of at least 4 members (excludes halogenated alkanes) is 1. The number of aryl methyl sites for hydroxylation is 1. The van der Waals surface area contributed by atoms with Crippen molar-refractivity contribution in [2.24, 2.45) is 0 Å². The monoisotopic (exact) mass is 571 g/mol. The first-order valence-electron chi connectivity index (χ1n) is 11.0. The molecule has 34 heavy (non-hydrogen) atoms. The van der Waals surface area contributed by atoms with Gasteiger partial charge >= 0.3 is 0 Å². The van der Waals surface area contributed by atoms with Crippen LogP contribution in [-0.2, 0) is 26.2 Å². The summed E-state index contributed by atoms with van der Waals surface area (Å²) in [5, 5.41) is 3.33. The summed E-state index contributed by atoms with van der Waals surface area (Å²) in [6, 6.07) is 11.4. The molecule has 0 aliphatic heterocycles. The number of anilines is 1. The number of carbonyl (C=O) groups is 2. The zero-order valence-corrected chi connectivity index (χ0v) is 23.0. The normalized spacial score (nSPS) is 12.2. The second kappa shape index (κ2) is 12.6. The number of nitrogens with zero attached hydrogens (tertiary/aromatic N) is 2. The first-order valence-corrected chi connectivity index (χ1v) is 14.0. The van der Waals surface area contributed by atoms with Crippen LogP contribution in [0.5, 0.6) is 0 Å². The molecule has 2 rings (SSSR count). The van der Waals surface area contributed by atoms with Crippen LogP contribution in [0.15, 0.2) is 46.9 Å². The number of hydrogen-bond donors (Lipinski definition) is 1. The van der Waals surface area contributed by atoms with Gasteiger partial charge in [-0.25, -0.2) is 8.42 Å². The van der Waals surface area contributed by atoms with Crippen LogP contribution in [-0.4, -0.2) is 50.5 Å². The van der Waals surface area contributed by atoms with Gasteiger partial charge in [0.15, 0.2) is 0 Å². The van der Waals surface area contributed by atoms with E-state index in [1.165, 1.54) is 4.90 Å². The van der Waals surface area contributed by atoms with Crippen molar-refractivity contribution in [3.63, 3.8) is 0 Å². The van der Waals surface area contributed by atoms with Crippen molar-refractivity contribution < 1.29 is 18.0 Å². The van der Waals surface area contributed by atoms with Crippen molar-refractivity contribution >= 4 is 55.1 Å². The molecule has 0 saturated heterocycles. The van der Waals surface area contributed by atoms with Crippen LogP contribution in [0.3, 0.4) is 0 Å². The first-order chi connectivity index (χ1) is 15.9. The zero-order valence-electron chi connectivity index (χ0n) is 19.8. The van der Waals surface area contributed by atoms with E-state index in [9.17, 15) is 18.0 Å². The molecule has 0 aliphatic rings. The van der Waals surface area contributed by atoms with E-state index in [0.717, 1.165) is 33.4 Å². The molecule has 2 aromatic carbocycles. The Morgan fingerprint density at radius 1 is 1.18 bits per heavy atom. The van der Waals surface area contributed by atoms with E-state index in [1.807, 2.05) is 31.2 Å². The van der Waals surface area contributed by atoms with E-state index < -0.39 is 28.5 Å². The van der Waals surface area contributed by atoms with E-state index in [1.54, 1.807) is 32.0 Å². The molecule has 0 heterocycles. The molecule has 1 N–H and O–H groups in total. The number of halogens is 2. The van der Waals surface area contributed by atoms with E-state index >= 15 is 0 Å². The van der Waals surface area contributed by atoms with Crippen LogP contribution in [0, 0.1) is 6.92 Å². The minimum atomic E-state index is -3.79. The lowest BCUT2D eigenvalue weighted by Gasteiger charge is -2.32. The Hall–Kier alpha value is -2.10. The number of nitrogens with one attached hydrogen (secondary N) is 1. The molecular weight excluding hydrogens is 542 g/mol. The van der Waals surface area contributed by atoms with Gasteiger partial charge < -0.3 is 10.2 Å². The summed E-state index contributed by atoms with van der Waals surface area (Å²) >= 11 is 9.46. The fraction of sp³-hybridized carbons (Fsp3) is 0.417. The van der Waals surface area contributed by atoms with Gasteiger partial charge in [0.05, 0.1) is 11.9 Å². The average molecular weight is 573 g/mol.